The molecular formula is C5H10N6O. The lowest BCUT2D eigenvalue weighted by Crippen LogP contribution is -2.24. The van der Waals surface area contributed by atoms with E-state index in [0.29, 0.717) is 0 Å². The van der Waals surface area contributed by atoms with Gasteiger partial charge in [-0.3, -0.25) is 10.1 Å². The predicted molar refractivity (Wildman–Crippen MR) is 41.1 cm³/mol. The molecule has 0 radical (unpaired) electrons. The van der Waals surface area contributed by atoms with Crippen molar-refractivity contribution < 1.29 is 4.79 Å². The van der Waals surface area contributed by atoms with E-state index in [0.717, 1.165) is 0 Å². The second-order valence-electron chi connectivity index (χ2n) is 2.46. The van der Waals surface area contributed by atoms with E-state index in [4.69, 9.17) is 5.73 Å². The molecule has 0 bridgehead atoms. The monoisotopic (exact) mass is 170 g/mol. The number of nitrogens with one attached hydrogen (secondary N) is 2. The Morgan fingerprint density at radius 2 is 2.58 bits per heavy atom. The summed E-state index contributed by atoms with van der Waals surface area (Å²) in [7, 11) is 0. The lowest BCUT2D eigenvalue weighted by Gasteiger charge is -2.02. The number of anilines is 1. The van der Waals surface area contributed by atoms with Gasteiger partial charge < -0.3 is 5.73 Å². The van der Waals surface area contributed by atoms with Crippen LogP contribution in [0, 0.1) is 0 Å². The Morgan fingerprint density at radius 3 is 3.08 bits per heavy atom. The van der Waals surface area contributed by atoms with Crippen LogP contribution in [0.2, 0.25) is 0 Å². The highest BCUT2D eigenvalue weighted by atomic mass is 16.1. The first-order chi connectivity index (χ1) is 5.68. The summed E-state index contributed by atoms with van der Waals surface area (Å²) in [4.78, 5) is 11.0. The quantitative estimate of drug-likeness (QED) is 0.532. The molecule has 12 heavy (non-hydrogen) atoms. The maximum atomic E-state index is 11.0. The summed E-state index contributed by atoms with van der Waals surface area (Å²) >= 11 is 0. The van der Waals surface area contributed by atoms with Crippen LogP contribution in [-0.2, 0) is 4.79 Å². The zero-order valence-corrected chi connectivity index (χ0v) is 6.61. The van der Waals surface area contributed by atoms with Gasteiger partial charge in [0.05, 0.1) is 0 Å². The largest absolute Gasteiger partial charge is 0.327 e. The number of nitrogens with two attached hydrogens (primary N) is 1. The SMILES string of the molecule is CC(N)CC(=O)Nc1nn[nH]n1. The number of aromatic amines is 1. The first-order valence-corrected chi connectivity index (χ1v) is 3.47. The molecule has 0 aliphatic carbocycles. The van der Waals surface area contributed by atoms with Crippen LogP contribution in [0.25, 0.3) is 0 Å². The third-order valence-corrected chi connectivity index (χ3v) is 1.10. The number of carbonyl (C=O) groups excluding carboxylic acids is 1. The lowest BCUT2D eigenvalue weighted by atomic mass is 10.2. The number of hydrogen-bond acceptors (Lipinski definition) is 5. The first-order valence-electron chi connectivity index (χ1n) is 3.47. The van der Waals surface area contributed by atoms with E-state index in [1.54, 1.807) is 6.92 Å². The number of aromatic nitrogens is 4. The van der Waals surface area contributed by atoms with Crippen molar-refractivity contribution in [1.82, 2.24) is 20.6 Å². The number of nitrogens with zero attached hydrogens (tertiary/aromatic N) is 3. The number of rotatable bonds is 3. The Balaban J connectivity index is 2.37. The maximum absolute atomic E-state index is 11.0. The van der Waals surface area contributed by atoms with Gasteiger partial charge in [0.1, 0.15) is 0 Å². The van der Waals surface area contributed by atoms with Crippen molar-refractivity contribution in [3.63, 3.8) is 0 Å². The summed E-state index contributed by atoms with van der Waals surface area (Å²) in [5, 5.41) is 15.0. The van der Waals surface area contributed by atoms with Crippen LogP contribution in [0.5, 0.6) is 0 Å². The number of H-pyrrole nitrogens is 1. The van der Waals surface area contributed by atoms with Crippen molar-refractivity contribution in [2.45, 2.75) is 19.4 Å². The molecule has 1 heterocycles. The summed E-state index contributed by atoms with van der Waals surface area (Å²) in [5.74, 6) is -0.0490. The molecule has 0 saturated carbocycles. The molecule has 0 saturated heterocycles. The van der Waals surface area contributed by atoms with Gasteiger partial charge in [0, 0.05) is 12.5 Å². The van der Waals surface area contributed by atoms with Crippen LogP contribution in [0.4, 0.5) is 5.95 Å². The molecule has 1 atom stereocenters. The molecule has 7 heteroatoms. The van der Waals surface area contributed by atoms with E-state index in [-0.39, 0.29) is 24.3 Å². The second-order valence-corrected chi connectivity index (χ2v) is 2.46. The average molecular weight is 170 g/mol. The van der Waals surface area contributed by atoms with Gasteiger partial charge in [-0.15, -0.1) is 5.10 Å². The molecule has 0 spiro atoms. The van der Waals surface area contributed by atoms with Crippen LogP contribution in [0.15, 0.2) is 0 Å². The molecule has 66 valence electrons. The minimum absolute atomic E-state index is 0.167. The predicted octanol–water partition coefficient (Wildman–Crippen LogP) is -1.12. The highest BCUT2D eigenvalue weighted by Gasteiger charge is 2.06. The third kappa shape index (κ3) is 2.62. The smallest absolute Gasteiger partial charge is 0.269 e. The summed E-state index contributed by atoms with van der Waals surface area (Å²) < 4.78 is 0. The molecular weight excluding hydrogens is 160 g/mol. The number of amides is 1. The van der Waals surface area contributed by atoms with Gasteiger partial charge in [-0.1, -0.05) is 5.10 Å². The highest BCUT2D eigenvalue weighted by Crippen LogP contribution is 1.94. The van der Waals surface area contributed by atoms with Crippen molar-refractivity contribution in [1.29, 1.82) is 0 Å². The van der Waals surface area contributed by atoms with E-state index < -0.39 is 0 Å². The molecule has 1 aromatic heterocycles. The zero-order valence-electron chi connectivity index (χ0n) is 6.61. The number of tetrazole rings is 1. The van der Waals surface area contributed by atoms with Crippen LogP contribution >= 0.6 is 0 Å². The van der Waals surface area contributed by atoms with Gasteiger partial charge in [-0.05, 0) is 12.1 Å². The second kappa shape index (κ2) is 3.77. The van der Waals surface area contributed by atoms with Crippen molar-refractivity contribution in [3.8, 4) is 0 Å². The van der Waals surface area contributed by atoms with E-state index in [1.807, 2.05) is 0 Å². The highest BCUT2D eigenvalue weighted by molar-refractivity contribution is 5.89. The molecule has 0 aromatic carbocycles. The van der Waals surface area contributed by atoms with Crippen LogP contribution < -0.4 is 11.1 Å². The van der Waals surface area contributed by atoms with Crippen LogP contribution in [-0.4, -0.2) is 32.6 Å². The standard InChI is InChI=1S/C5H10N6O/c1-3(6)2-4(12)7-5-8-10-11-9-5/h3H,2,6H2,1H3,(H2,7,8,9,10,11,12). The number of carbonyl (C=O) groups is 1. The zero-order chi connectivity index (χ0) is 8.97. The van der Waals surface area contributed by atoms with E-state index >= 15 is 0 Å². The summed E-state index contributed by atoms with van der Waals surface area (Å²) in [5.41, 5.74) is 5.40. The molecule has 0 aliphatic heterocycles. The molecule has 0 aliphatic rings. The summed E-state index contributed by atoms with van der Waals surface area (Å²) in [6.07, 6.45) is 0.245. The topological polar surface area (TPSA) is 110 Å². The van der Waals surface area contributed by atoms with Crippen molar-refractivity contribution in [3.05, 3.63) is 0 Å². The minimum Gasteiger partial charge on any atom is -0.327 e. The van der Waals surface area contributed by atoms with Crippen LogP contribution in [0.1, 0.15) is 13.3 Å². The third-order valence-electron chi connectivity index (χ3n) is 1.10. The maximum Gasteiger partial charge on any atom is 0.269 e. The normalized spacial score (nSPS) is 12.5. The van der Waals surface area contributed by atoms with Crippen molar-refractivity contribution in [2.24, 2.45) is 5.73 Å². The molecule has 1 amide bonds. The van der Waals surface area contributed by atoms with Crippen molar-refractivity contribution >= 4 is 11.9 Å². The molecule has 7 nitrogen and oxygen atoms in total. The molecule has 1 aromatic rings. The molecule has 1 unspecified atom stereocenters. The molecule has 0 fully saturated rings. The van der Waals surface area contributed by atoms with Gasteiger partial charge in [-0.25, -0.2) is 0 Å². The molecule has 1 rings (SSSR count). The van der Waals surface area contributed by atoms with Gasteiger partial charge >= 0.3 is 0 Å². The summed E-state index contributed by atoms with van der Waals surface area (Å²) in [6, 6.07) is -0.170. The first kappa shape index (κ1) is 8.60. The Bertz CT molecular complexity index is 242. The van der Waals surface area contributed by atoms with E-state index in [1.165, 1.54) is 0 Å². The number of hydrogen-bond donors (Lipinski definition) is 3. The van der Waals surface area contributed by atoms with Gasteiger partial charge in [0.25, 0.3) is 5.95 Å². The van der Waals surface area contributed by atoms with E-state index in [2.05, 4.69) is 25.9 Å². The Morgan fingerprint density at radius 1 is 1.83 bits per heavy atom. The van der Waals surface area contributed by atoms with Crippen molar-refractivity contribution in [2.75, 3.05) is 5.32 Å². The fourth-order valence-corrected chi connectivity index (χ4v) is 0.683. The Kier molecular flexibility index (Phi) is 2.70. The Hall–Kier alpha value is -1.50. The van der Waals surface area contributed by atoms with Gasteiger partial charge in [-0.2, -0.15) is 5.21 Å². The average Bonchev–Trinajstić information content (AvgIpc) is 2.37. The van der Waals surface area contributed by atoms with Gasteiger partial charge in [0.15, 0.2) is 0 Å². The van der Waals surface area contributed by atoms with Crippen LogP contribution in [0.3, 0.4) is 0 Å². The fourth-order valence-electron chi connectivity index (χ4n) is 0.683. The van der Waals surface area contributed by atoms with Gasteiger partial charge in [0.2, 0.25) is 5.91 Å². The van der Waals surface area contributed by atoms with E-state index in [9.17, 15) is 4.79 Å². The fraction of sp³-hybridized carbons (Fsp3) is 0.600. The summed E-state index contributed by atoms with van der Waals surface area (Å²) in [6.45, 7) is 1.75. The Labute approximate surface area is 68.7 Å². The molecule has 4 N–H and O–H groups in total. The minimum atomic E-state index is -0.216. The lowest BCUT2D eigenvalue weighted by molar-refractivity contribution is -0.116.